The van der Waals surface area contributed by atoms with Gasteiger partial charge in [0, 0.05) is 28.1 Å². The van der Waals surface area contributed by atoms with Gasteiger partial charge in [0.05, 0.1) is 12.8 Å². The number of aryl methyl sites for hydroxylation is 2. The molecule has 140 valence electrons. The standard InChI is InChI=1S/C22H24N2O2S/c1-13-8-6-7-9-17(13)23-21-24-19(14(2)27-21)15-10-16-12-22(3,4)26-20(16)18(11-15)25-5/h6-11H,12H2,1-5H3,(H,23,24). The Hall–Kier alpha value is -2.53. The van der Waals surface area contributed by atoms with Gasteiger partial charge in [0.15, 0.2) is 16.6 Å². The highest BCUT2D eigenvalue weighted by Crippen LogP contribution is 2.45. The Labute approximate surface area is 164 Å². The number of nitrogens with zero attached hydrogens (tertiary/aromatic N) is 1. The van der Waals surface area contributed by atoms with E-state index in [1.165, 1.54) is 16.0 Å². The summed E-state index contributed by atoms with van der Waals surface area (Å²) in [5.41, 5.74) is 5.31. The number of aromatic nitrogens is 1. The minimum atomic E-state index is -0.205. The number of hydrogen-bond donors (Lipinski definition) is 1. The van der Waals surface area contributed by atoms with Gasteiger partial charge in [0.25, 0.3) is 0 Å². The fraction of sp³-hybridized carbons (Fsp3) is 0.318. The van der Waals surface area contributed by atoms with E-state index in [1.54, 1.807) is 18.4 Å². The Morgan fingerprint density at radius 3 is 2.70 bits per heavy atom. The Morgan fingerprint density at radius 2 is 1.96 bits per heavy atom. The van der Waals surface area contributed by atoms with E-state index in [9.17, 15) is 0 Å². The largest absolute Gasteiger partial charge is 0.493 e. The van der Waals surface area contributed by atoms with Crippen LogP contribution in [0.15, 0.2) is 36.4 Å². The van der Waals surface area contributed by atoms with Crippen LogP contribution >= 0.6 is 11.3 Å². The molecule has 2 aromatic carbocycles. The second-order valence-corrected chi connectivity index (χ2v) is 8.77. The van der Waals surface area contributed by atoms with Crippen LogP contribution in [0, 0.1) is 13.8 Å². The van der Waals surface area contributed by atoms with Crippen molar-refractivity contribution in [2.75, 3.05) is 12.4 Å². The van der Waals surface area contributed by atoms with Crippen LogP contribution in [0.3, 0.4) is 0 Å². The summed E-state index contributed by atoms with van der Waals surface area (Å²) in [5, 5.41) is 4.34. The lowest BCUT2D eigenvalue weighted by atomic mass is 9.99. The number of nitrogens with one attached hydrogen (secondary N) is 1. The summed E-state index contributed by atoms with van der Waals surface area (Å²) in [5.74, 6) is 1.63. The van der Waals surface area contributed by atoms with Crippen molar-refractivity contribution < 1.29 is 9.47 Å². The number of hydrogen-bond acceptors (Lipinski definition) is 5. The maximum absolute atomic E-state index is 6.08. The van der Waals surface area contributed by atoms with E-state index in [-0.39, 0.29) is 5.60 Å². The van der Waals surface area contributed by atoms with Crippen LogP contribution in [0.1, 0.15) is 29.9 Å². The van der Waals surface area contributed by atoms with Gasteiger partial charge >= 0.3 is 0 Å². The smallest absolute Gasteiger partial charge is 0.187 e. The molecule has 1 aromatic heterocycles. The average Bonchev–Trinajstić information content (AvgIpc) is 3.13. The number of fused-ring (bicyclic) bond motifs is 1. The molecular formula is C22H24N2O2S. The van der Waals surface area contributed by atoms with Crippen molar-refractivity contribution in [3.05, 3.63) is 52.4 Å². The highest BCUT2D eigenvalue weighted by molar-refractivity contribution is 7.16. The number of ether oxygens (including phenoxy) is 2. The zero-order valence-electron chi connectivity index (χ0n) is 16.3. The molecule has 5 heteroatoms. The first kappa shape index (κ1) is 17.9. The molecular weight excluding hydrogens is 356 g/mol. The molecule has 0 aliphatic carbocycles. The summed E-state index contributed by atoms with van der Waals surface area (Å²) in [4.78, 5) is 6.04. The number of anilines is 2. The Balaban J connectivity index is 1.71. The third-order valence-corrected chi connectivity index (χ3v) is 5.69. The molecule has 0 radical (unpaired) electrons. The van der Waals surface area contributed by atoms with Gasteiger partial charge in [-0.2, -0.15) is 0 Å². The molecule has 0 saturated carbocycles. The first-order chi connectivity index (χ1) is 12.9. The molecule has 0 unspecified atom stereocenters. The van der Waals surface area contributed by atoms with Crippen LogP contribution < -0.4 is 14.8 Å². The molecule has 0 spiro atoms. The maximum atomic E-state index is 6.08. The van der Waals surface area contributed by atoms with E-state index in [0.29, 0.717) is 0 Å². The lowest BCUT2D eigenvalue weighted by molar-refractivity contribution is 0.134. The van der Waals surface area contributed by atoms with Crippen LogP contribution in [0.25, 0.3) is 11.3 Å². The average molecular weight is 381 g/mol. The van der Waals surface area contributed by atoms with Gasteiger partial charge in [0.2, 0.25) is 0 Å². The first-order valence-electron chi connectivity index (χ1n) is 9.07. The molecule has 0 amide bonds. The monoisotopic (exact) mass is 380 g/mol. The van der Waals surface area contributed by atoms with Gasteiger partial charge in [-0.25, -0.2) is 4.98 Å². The van der Waals surface area contributed by atoms with Crippen LogP contribution in [0.5, 0.6) is 11.5 Å². The Morgan fingerprint density at radius 1 is 1.19 bits per heavy atom. The lowest BCUT2D eigenvalue weighted by Crippen LogP contribution is -2.24. The van der Waals surface area contributed by atoms with Crippen LogP contribution in [0.2, 0.25) is 0 Å². The van der Waals surface area contributed by atoms with Crippen molar-refractivity contribution in [3.63, 3.8) is 0 Å². The summed E-state index contributed by atoms with van der Waals surface area (Å²) >= 11 is 1.66. The number of methoxy groups -OCH3 is 1. The van der Waals surface area contributed by atoms with E-state index >= 15 is 0 Å². The topological polar surface area (TPSA) is 43.4 Å². The third-order valence-electron chi connectivity index (χ3n) is 4.80. The number of rotatable bonds is 4. The molecule has 1 N–H and O–H groups in total. The summed E-state index contributed by atoms with van der Waals surface area (Å²) in [6.07, 6.45) is 0.865. The van der Waals surface area contributed by atoms with E-state index in [2.05, 4.69) is 51.2 Å². The summed E-state index contributed by atoms with van der Waals surface area (Å²) < 4.78 is 11.7. The SMILES string of the molecule is COc1cc(-c2nc(Nc3ccccc3C)sc2C)cc2c1OC(C)(C)C2. The minimum Gasteiger partial charge on any atom is -0.493 e. The highest BCUT2D eigenvalue weighted by atomic mass is 32.1. The fourth-order valence-corrected chi connectivity index (χ4v) is 4.36. The van der Waals surface area contributed by atoms with Gasteiger partial charge in [-0.05, 0) is 51.5 Å². The third kappa shape index (κ3) is 3.39. The number of para-hydroxylation sites is 1. The number of benzene rings is 2. The summed E-state index contributed by atoms with van der Waals surface area (Å²) in [7, 11) is 1.69. The van der Waals surface area contributed by atoms with E-state index in [0.717, 1.165) is 40.0 Å². The molecule has 4 rings (SSSR count). The van der Waals surface area contributed by atoms with Crippen LogP contribution in [-0.4, -0.2) is 17.7 Å². The summed E-state index contributed by atoms with van der Waals surface area (Å²) in [6, 6.07) is 12.5. The molecule has 0 fully saturated rings. The predicted molar refractivity (Wildman–Crippen MR) is 112 cm³/mol. The van der Waals surface area contributed by atoms with Gasteiger partial charge < -0.3 is 14.8 Å². The first-order valence-corrected chi connectivity index (χ1v) is 9.88. The van der Waals surface area contributed by atoms with Crippen molar-refractivity contribution in [1.82, 2.24) is 4.98 Å². The molecule has 4 nitrogen and oxygen atoms in total. The van der Waals surface area contributed by atoms with Crippen molar-refractivity contribution in [3.8, 4) is 22.8 Å². The van der Waals surface area contributed by atoms with E-state index in [4.69, 9.17) is 14.5 Å². The van der Waals surface area contributed by atoms with Crippen molar-refractivity contribution in [1.29, 1.82) is 0 Å². The van der Waals surface area contributed by atoms with Crippen LogP contribution in [-0.2, 0) is 6.42 Å². The van der Waals surface area contributed by atoms with Gasteiger partial charge in [-0.3, -0.25) is 0 Å². The van der Waals surface area contributed by atoms with Crippen molar-refractivity contribution >= 4 is 22.2 Å². The normalized spacial score (nSPS) is 14.6. The van der Waals surface area contributed by atoms with E-state index in [1.807, 2.05) is 18.2 Å². The van der Waals surface area contributed by atoms with Crippen molar-refractivity contribution in [2.45, 2.75) is 39.7 Å². The fourth-order valence-electron chi connectivity index (χ4n) is 3.51. The Bertz CT molecular complexity index is 1010. The number of thiazole rings is 1. The quantitative estimate of drug-likeness (QED) is 0.613. The van der Waals surface area contributed by atoms with Gasteiger partial charge in [0.1, 0.15) is 5.60 Å². The molecule has 3 aromatic rings. The predicted octanol–water partition coefficient (Wildman–Crippen LogP) is 5.89. The van der Waals surface area contributed by atoms with E-state index < -0.39 is 0 Å². The van der Waals surface area contributed by atoms with Gasteiger partial charge in [-0.1, -0.05) is 18.2 Å². The molecule has 0 saturated heterocycles. The highest BCUT2D eigenvalue weighted by Gasteiger charge is 2.33. The molecule has 0 bridgehead atoms. The maximum Gasteiger partial charge on any atom is 0.187 e. The second-order valence-electron chi connectivity index (χ2n) is 7.57. The zero-order chi connectivity index (χ0) is 19.2. The van der Waals surface area contributed by atoms with Crippen LogP contribution in [0.4, 0.5) is 10.8 Å². The second kappa shape index (κ2) is 6.57. The molecule has 1 aliphatic heterocycles. The van der Waals surface area contributed by atoms with Gasteiger partial charge in [-0.15, -0.1) is 11.3 Å². The Kier molecular flexibility index (Phi) is 4.35. The molecule has 27 heavy (non-hydrogen) atoms. The zero-order valence-corrected chi connectivity index (χ0v) is 17.2. The molecule has 0 atom stereocenters. The van der Waals surface area contributed by atoms with Crippen molar-refractivity contribution in [2.24, 2.45) is 0 Å². The minimum absolute atomic E-state index is 0.205. The molecule has 1 aliphatic rings. The summed E-state index contributed by atoms with van der Waals surface area (Å²) in [6.45, 7) is 8.40. The lowest BCUT2D eigenvalue weighted by Gasteiger charge is -2.17. The molecule has 2 heterocycles.